The molecule has 1 rings (SSSR count). The Morgan fingerprint density at radius 1 is 1.73 bits per heavy atom. The number of hydrogen-bond acceptors (Lipinski definition) is 3. The fourth-order valence-corrected chi connectivity index (χ4v) is 2.19. The third-order valence-electron chi connectivity index (χ3n) is 3.01. The fourth-order valence-electron chi connectivity index (χ4n) is 2.19. The van der Waals surface area contributed by atoms with E-state index in [0.717, 1.165) is 19.3 Å². The molecule has 2 unspecified atom stereocenters. The molecule has 0 aromatic heterocycles. The Labute approximate surface area is 90.0 Å². The quantitative estimate of drug-likeness (QED) is 0.669. The third kappa shape index (κ3) is 2.31. The summed E-state index contributed by atoms with van der Waals surface area (Å²) in [4.78, 5) is 11.3. The number of hydrogen-bond donors (Lipinski definition) is 2. The smallest absolute Gasteiger partial charge is 0.326 e. The zero-order chi connectivity index (χ0) is 11.3. The number of carboxylic acids is 1. The Balaban J connectivity index is 2.85. The topological polar surface area (TPSA) is 58.6 Å². The number of aliphatic carboxylic acids is 1. The summed E-state index contributed by atoms with van der Waals surface area (Å²) in [5.74, 6) is 1.54. The Kier molecular flexibility index (Phi) is 4.13. The molecule has 0 saturated heterocycles. The number of rotatable bonds is 4. The molecule has 0 radical (unpaired) electrons. The highest BCUT2D eigenvalue weighted by Gasteiger charge is 2.47. The van der Waals surface area contributed by atoms with E-state index in [1.54, 1.807) is 7.11 Å². The van der Waals surface area contributed by atoms with Gasteiger partial charge in [-0.1, -0.05) is 18.8 Å². The van der Waals surface area contributed by atoms with Crippen molar-refractivity contribution in [1.29, 1.82) is 0 Å². The molecule has 0 aliphatic heterocycles. The van der Waals surface area contributed by atoms with Gasteiger partial charge in [0.05, 0.1) is 12.6 Å². The van der Waals surface area contributed by atoms with Gasteiger partial charge < -0.3 is 9.84 Å². The van der Waals surface area contributed by atoms with Crippen molar-refractivity contribution in [3.8, 4) is 12.3 Å². The largest absolute Gasteiger partial charge is 0.480 e. The van der Waals surface area contributed by atoms with Crippen molar-refractivity contribution >= 4 is 5.97 Å². The minimum Gasteiger partial charge on any atom is -0.480 e. The third-order valence-corrected chi connectivity index (χ3v) is 3.01. The summed E-state index contributed by atoms with van der Waals surface area (Å²) in [5, 5.41) is 12.2. The van der Waals surface area contributed by atoms with Crippen LogP contribution in [0.15, 0.2) is 0 Å². The van der Waals surface area contributed by atoms with Crippen LogP contribution in [0, 0.1) is 12.3 Å². The van der Waals surface area contributed by atoms with Crippen LogP contribution in [0.25, 0.3) is 0 Å². The van der Waals surface area contributed by atoms with E-state index in [1.165, 1.54) is 0 Å². The maximum atomic E-state index is 11.3. The van der Waals surface area contributed by atoms with E-state index in [9.17, 15) is 9.90 Å². The van der Waals surface area contributed by atoms with Crippen LogP contribution in [-0.4, -0.2) is 36.4 Å². The number of methoxy groups -OCH3 is 1. The molecule has 4 heteroatoms. The van der Waals surface area contributed by atoms with Gasteiger partial charge in [0, 0.05) is 7.11 Å². The van der Waals surface area contributed by atoms with Gasteiger partial charge in [0.25, 0.3) is 0 Å². The lowest BCUT2D eigenvalue weighted by Crippen LogP contribution is -2.62. The molecule has 2 atom stereocenters. The predicted molar refractivity (Wildman–Crippen MR) is 56.5 cm³/mol. The van der Waals surface area contributed by atoms with Crippen LogP contribution in [0.1, 0.15) is 25.7 Å². The number of terminal acetylenes is 1. The van der Waals surface area contributed by atoms with E-state index in [4.69, 9.17) is 11.2 Å². The van der Waals surface area contributed by atoms with Gasteiger partial charge in [-0.25, -0.2) is 0 Å². The maximum Gasteiger partial charge on any atom is 0.326 e. The summed E-state index contributed by atoms with van der Waals surface area (Å²) in [6.45, 7) is 0.256. The molecule has 0 bridgehead atoms. The standard InChI is InChI=1S/C11H17NO3/c1-3-8-12-11(10(13)14)7-5-4-6-9(11)15-2/h1,9,12H,4-8H2,2H3,(H,13,14). The molecule has 15 heavy (non-hydrogen) atoms. The van der Waals surface area contributed by atoms with Crippen LogP contribution in [0.2, 0.25) is 0 Å². The first kappa shape index (κ1) is 12.0. The molecule has 1 aliphatic carbocycles. The van der Waals surface area contributed by atoms with Crippen molar-refractivity contribution in [2.45, 2.75) is 37.3 Å². The van der Waals surface area contributed by atoms with Crippen molar-refractivity contribution in [1.82, 2.24) is 5.32 Å². The summed E-state index contributed by atoms with van der Waals surface area (Å²) in [6.07, 6.45) is 8.09. The lowest BCUT2D eigenvalue weighted by molar-refractivity contribution is -0.154. The van der Waals surface area contributed by atoms with Gasteiger partial charge >= 0.3 is 5.97 Å². The minimum absolute atomic E-state index is 0.256. The van der Waals surface area contributed by atoms with Gasteiger partial charge in [0.1, 0.15) is 5.54 Å². The summed E-state index contributed by atoms with van der Waals surface area (Å²) >= 11 is 0. The van der Waals surface area contributed by atoms with Gasteiger partial charge in [-0.3, -0.25) is 10.1 Å². The Bertz CT molecular complexity index is 271. The molecule has 4 nitrogen and oxygen atoms in total. The van der Waals surface area contributed by atoms with E-state index in [-0.39, 0.29) is 12.6 Å². The van der Waals surface area contributed by atoms with Gasteiger partial charge in [0.15, 0.2) is 0 Å². The molecule has 1 fully saturated rings. The molecule has 1 aliphatic rings. The average molecular weight is 211 g/mol. The SMILES string of the molecule is C#CCNC1(C(=O)O)CCCCC1OC. The van der Waals surface area contributed by atoms with Crippen molar-refractivity contribution < 1.29 is 14.6 Å². The second-order valence-electron chi connectivity index (χ2n) is 3.80. The molecule has 0 amide bonds. The van der Waals surface area contributed by atoms with Crippen LogP contribution in [0.3, 0.4) is 0 Å². The zero-order valence-electron chi connectivity index (χ0n) is 8.95. The lowest BCUT2D eigenvalue weighted by atomic mass is 9.79. The average Bonchev–Trinajstić information content (AvgIpc) is 2.26. The van der Waals surface area contributed by atoms with Crippen LogP contribution in [0.4, 0.5) is 0 Å². The molecule has 2 N–H and O–H groups in total. The van der Waals surface area contributed by atoms with E-state index >= 15 is 0 Å². The highest BCUT2D eigenvalue weighted by molar-refractivity contribution is 5.80. The highest BCUT2D eigenvalue weighted by Crippen LogP contribution is 2.30. The van der Waals surface area contributed by atoms with Gasteiger partial charge in [-0.15, -0.1) is 6.42 Å². The first-order chi connectivity index (χ1) is 7.17. The minimum atomic E-state index is -1.00. The molecular formula is C11H17NO3. The lowest BCUT2D eigenvalue weighted by Gasteiger charge is -2.40. The van der Waals surface area contributed by atoms with Crippen LogP contribution >= 0.6 is 0 Å². The molecular weight excluding hydrogens is 194 g/mol. The normalized spacial score (nSPS) is 30.8. The summed E-state index contributed by atoms with van der Waals surface area (Å²) in [6, 6.07) is 0. The van der Waals surface area contributed by atoms with Gasteiger partial charge in [0.2, 0.25) is 0 Å². The number of carboxylic acid groups (broad SMARTS) is 1. The van der Waals surface area contributed by atoms with Crippen molar-refractivity contribution in [3.05, 3.63) is 0 Å². The Morgan fingerprint density at radius 3 is 3.00 bits per heavy atom. The van der Waals surface area contributed by atoms with Crippen molar-refractivity contribution in [3.63, 3.8) is 0 Å². The zero-order valence-corrected chi connectivity index (χ0v) is 8.95. The fraction of sp³-hybridized carbons (Fsp3) is 0.727. The van der Waals surface area contributed by atoms with E-state index < -0.39 is 11.5 Å². The number of carbonyl (C=O) groups is 1. The molecule has 0 heterocycles. The maximum absolute atomic E-state index is 11.3. The second-order valence-corrected chi connectivity index (χ2v) is 3.80. The molecule has 0 spiro atoms. The van der Waals surface area contributed by atoms with E-state index in [0.29, 0.717) is 6.42 Å². The monoisotopic (exact) mass is 211 g/mol. The van der Waals surface area contributed by atoms with Crippen LogP contribution in [-0.2, 0) is 9.53 Å². The Hall–Kier alpha value is -1.05. The number of nitrogens with one attached hydrogen (secondary N) is 1. The van der Waals surface area contributed by atoms with E-state index in [1.807, 2.05) is 0 Å². The van der Waals surface area contributed by atoms with Gasteiger partial charge in [-0.05, 0) is 12.8 Å². The first-order valence-corrected chi connectivity index (χ1v) is 5.12. The Morgan fingerprint density at radius 2 is 2.47 bits per heavy atom. The molecule has 1 saturated carbocycles. The first-order valence-electron chi connectivity index (χ1n) is 5.12. The number of ether oxygens (including phenoxy) is 1. The molecule has 0 aromatic carbocycles. The molecule has 84 valence electrons. The summed E-state index contributed by atoms with van der Waals surface area (Å²) < 4.78 is 5.25. The van der Waals surface area contributed by atoms with Crippen LogP contribution in [0.5, 0.6) is 0 Å². The predicted octanol–water partition coefficient (Wildman–Crippen LogP) is 0.622. The van der Waals surface area contributed by atoms with Crippen molar-refractivity contribution in [2.75, 3.05) is 13.7 Å². The van der Waals surface area contributed by atoms with Gasteiger partial charge in [-0.2, -0.15) is 0 Å². The second kappa shape index (κ2) is 5.15. The highest BCUT2D eigenvalue weighted by atomic mass is 16.5. The molecule has 0 aromatic rings. The van der Waals surface area contributed by atoms with E-state index in [2.05, 4.69) is 11.2 Å². The van der Waals surface area contributed by atoms with Crippen LogP contribution < -0.4 is 5.32 Å². The summed E-state index contributed by atoms with van der Waals surface area (Å²) in [5.41, 5.74) is -1.00. The van der Waals surface area contributed by atoms with Crippen molar-refractivity contribution in [2.24, 2.45) is 0 Å². The summed E-state index contributed by atoms with van der Waals surface area (Å²) in [7, 11) is 1.55.